The van der Waals surface area contributed by atoms with Crippen molar-refractivity contribution < 1.29 is 19.0 Å². The maximum absolute atomic E-state index is 12.6. The Hall–Kier alpha value is -3.10. The van der Waals surface area contributed by atoms with E-state index in [-0.39, 0.29) is 5.75 Å². The molecule has 0 amide bonds. The Balaban J connectivity index is 1.76. The Morgan fingerprint density at radius 3 is 2.47 bits per heavy atom. The molecule has 0 fully saturated rings. The minimum absolute atomic E-state index is 0.0383. The van der Waals surface area contributed by atoms with Gasteiger partial charge in [-0.3, -0.25) is 4.99 Å². The number of aliphatic imine (C=N–C) groups is 1. The second kappa shape index (κ2) is 9.18. The molecule has 4 rings (SSSR count). The van der Waals surface area contributed by atoms with Crippen LogP contribution in [-0.2, 0) is 0 Å². The lowest BCUT2D eigenvalue weighted by molar-refractivity contribution is 0.372. The molecule has 0 atom stereocenters. The van der Waals surface area contributed by atoms with Gasteiger partial charge in [-0.2, -0.15) is 0 Å². The minimum Gasteiger partial charge on any atom is -0.504 e. The Labute approximate surface area is 200 Å². The molecule has 0 saturated heterocycles. The molecule has 0 spiro atoms. The van der Waals surface area contributed by atoms with Gasteiger partial charge in [-0.05, 0) is 62.2 Å². The van der Waals surface area contributed by atoms with Crippen molar-refractivity contribution >= 4 is 54.7 Å². The summed E-state index contributed by atoms with van der Waals surface area (Å²) in [5.74, 6) is 0.749. The number of nitrogens with zero attached hydrogens (tertiary/aromatic N) is 1. The Morgan fingerprint density at radius 2 is 1.72 bits per heavy atom. The number of phenolic OH excluding ortho intramolecular Hbond substituents is 1. The van der Waals surface area contributed by atoms with Crippen LogP contribution in [0.5, 0.6) is 17.2 Å². The number of rotatable bonds is 5. The number of phenols is 1. The van der Waals surface area contributed by atoms with Crippen molar-refractivity contribution in [2.45, 2.75) is 0 Å². The lowest BCUT2D eigenvalue weighted by Gasteiger charge is -2.11. The van der Waals surface area contributed by atoms with E-state index in [2.05, 4.69) is 36.9 Å². The van der Waals surface area contributed by atoms with Gasteiger partial charge in [-0.1, -0.05) is 18.2 Å². The van der Waals surface area contributed by atoms with Gasteiger partial charge in [-0.25, -0.2) is 4.79 Å². The van der Waals surface area contributed by atoms with E-state index in [4.69, 9.17) is 13.9 Å². The average Bonchev–Trinajstić information content (AvgIpc) is 2.80. The van der Waals surface area contributed by atoms with Gasteiger partial charge < -0.3 is 19.0 Å². The quantitative estimate of drug-likeness (QED) is 0.224. The number of halogens is 2. The largest absolute Gasteiger partial charge is 0.504 e. The van der Waals surface area contributed by atoms with Crippen molar-refractivity contribution in [3.05, 3.63) is 79.5 Å². The third-order valence-electron chi connectivity index (χ3n) is 4.87. The summed E-state index contributed by atoms with van der Waals surface area (Å²) in [5.41, 5.74) is 2.09. The van der Waals surface area contributed by atoms with E-state index in [1.807, 2.05) is 18.2 Å². The topological polar surface area (TPSA) is 81.3 Å². The van der Waals surface area contributed by atoms with Crippen LogP contribution in [0.4, 0.5) is 5.69 Å². The number of ether oxygens (including phenoxy) is 2. The highest BCUT2D eigenvalue weighted by Crippen LogP contribution is 2.40. The van der Waals surface area contributed by atoms with Crippen LogP contribution in [0, 0.1) is 0 Å². The van der Waals surface area contributed by atoms with Crippen LogP contribution in [0.1, 0.15) is 5.56 Å². The molecule has 3 aromatic carbocycles. The van der Waals surface area contributed by atoms with Crippen molar-refractivity contribution in [3.8, 4) is 28.4 Å². The van der Waals surface area contributed by atoms with E-state index in [9.17, 15) is 9.90 Å². The van der Waals surface area contributed by atoms with Gasteiger partial charge in [0, 0.05) is 32.2 Å². The molecule has 32 heavy (non-hydrogen) atoms. The molecule has 1 N–H and O–H groups in total. The highest BCUT2D eigenvalue weighted by molar-refractivity contribution is 9.13. The predicted octanol–water partition coefficient (Wildman–Crippen LogP) is 6.46. The molecule has 1 heterocycles. The smallest absolute Gasteiger partial charge is 0.344 e. The third kappa shape index (κ3) is 4.16. The average molecular weight is 559 g/mol. The number of para-hydroxylation sites is 1. The number of fused-ring (bicyclic) bond motifs is 1. The van der Waals surface area contributed by atoms with Crippen LogP contribution in [0.2, 0.25) is 0 Å². The number of hydrogen-bond acceptors (Lipinski definition) is 6. The summed E-state index contributed by atoms with van der Waals surface area (Å²) < 4.78 is 17.5. The molecule has 1 aromatic heterocycles. The first-order chi connectivity index (χ1) is 15.4. The second-order valence-electron chi connectivity index (χ2n) is 6.77. The van der Waals surface area contributed by atoms with Crippen molar-refractivity contribution in [3.63, 3.8) is 0 Å². The summed E-state index contributed by atoms with van der Waals surface area (Å²) in [6.07, 6.45) is 1.52. The highest BCUT2D eigenvalue weighted by atomic mass is 79.9. The number of aromatic hydroxyl groups is 1. The van der Waals surface area contributed by atoms with Crippen LogP contribution in [-0.4, -0.2) is 25.5 Å². The van der Waals surface area contributed by atoms with Crippen molar-refractivity contribution in [1.82, 2.24) is 0 Å². The number of benzene rings is 3. The standard InChI is InChI=1S/C24H17Br2NO5/c1-30-20-10-14(27-12-17-22(26)18(25)11-21(31-2)23(17)28)7-8-15(20)16-9-13-5-3-4-6-19(13)32-24(16)29/h3-12,28H,1-2H3. The van der Waals surface area contributed by atoms with E-state index in [0.717, 1.165) is 5.39 Å². The zero-order valence-corrected chi connectivity index (χ0v) is 20.2. The van der Waals surface area contributed by atoms with E-state index >= 15 is 0 Å². The van der Waals surface area contributed by atoms with Crippen LogP contribution in [0.15, 0.2) is 77.7 Å². The van der Waals surface area contributed by atoms with Crippen LogP contribution in [0.25, 0.3) is 22.1 Å². The zero-order chi connectivity index (χ0) is 22.8. The number of hydrogen-bond donors (Lipinski definition) is 1. The highest BCUT2D eigenvalue weighted by Gasteiger charge is 2.15. The van der Waals surface area contributed by atoms with E-state index in [1.54, 1.807) is 36.4 Å². The van der Waals surface area contributed by atoms with Gasteiger partial charge >= 0.3 is 5.63 Å². The first kappa shape index (κ1) is 22.1. The SMILES string of the molecule is COc1cc(N=Cc2c(O)c(OC)cc(Br)c2Br)ccc1-c1cc2ccccc2oc1=O. The predicted molar refractivity (Wildman–Crippen MR) is 132 cm³/mol. The summed E-state index contributed by atoms with van der Waals surface area (Å²) in [6.45, 7) is 0. The summed E-state index contributed by atoms with van der Waals surface area (Å²) in [4.78, 5) is 17.0. The normalized spacial score (nSPS) is 11.2. The fourth-order valence-corrected chi connectivity index (χ4v) is 4.08. The molecule has 6 nitrogen and oxygen atoms in total. The van der Waals surface area contributed by atoms with Crippen molar-refractivity contribution in [2.24, 2.45) is 4.99 Å². The van der Waals surface area contributed by atoms with E-state index in [0.29, 0.717) is 48.4 Å². The van der Waals surface area contributed by atoms with Gasteiger partial charge in [0.05, 0.1) is 31.0 Å². The molecule has 8 heteroatoms. The molecular weight excluding hydrogens is 542 g/mol. The maximum Gasteiger partial charge on any atom is 0.344 e. The van der Waals surface area contributed by atoms with Crippen LogP contribution >= 0.6 is 31.9 Å². The first-order valence-electron chi connectivity index (χ1n) is 9.43. The maximum atomic E-state index is 12.6. The van der Waals surface area contributed by atoms with Gasteiger partial charge in [0.2, 0.25) is 0 Å². The van der Waals surface area contributed by atoms with Gasteiger partial charge in [0.15, 0.2) is 11.5 Å². The van der Waals surface area contributed by atoms with Crippen LogP contribution < -0.4 is 15.1 Å². The fourth-order valence-electron chi connectivity index (χ4n) is 3.26. The van der Waals surface area contributed by atoms with Gasteiger partial charge in [0.1, 0.15) is 11.3 Å². The Kier molecular flexibility index (Phi) is 6.34. The molecule has 0 aliphatic carbocycles. The molecule has 0 unspecified atom stereocenters. The molecule has 0 aliphatic rings. The van der Waals surface area contributed by atoms with Gasteiger partial charge in [-0.15, -0.1) is 0 Å². The van der Waals surface area contributed by atoms with Gasteiger partial charge in [0.25, 0.3) is 0 Å². The Bertz CT molecular complexity index is 1410. The van der Waals surface area contributed by atoms with Crippen molar-refractivity contribution in [2.75, 3.05) is 14.2 Å². The lowest BCUT2D eigenvalue weighted by atomic mass is 10.0. The minimum atomic E-state index is -0.451. The molecule has 4 aromatic rings. The lowest BCUT2D eigenvalue weighted by Crippen LogP contribution is -2.03. The number of methoxy groups -OCH3 is 2. The molecule has 0 bridgehead atoms. The Morgan fingerprint density at radius 1 is 0.969 bits per heavy atom. The molecule has 0 saturated carbocycles. The van der Waals surface area contributed by atoms with E-state index < -0.39 is 5.63 Å². The zero-order valence-electron chi connectivity index (χ0n) is 17.1. The summed E-state index contributed by atoms with van der Waals surface area (Å²) >= 11 is 6.86. The molecule has 0 radical (unpaired) electrons. The van der Waals surface area contributed by atoms with E-state index in [1.165, 1.54) is 20.4 Å². The summed E-state index contributed by atoms with van der Waals surface area (Å²) in [7, 11) is 3.00. The molecule has 162 valence electrons. The molecule has 0 aliphatic heterocycles. The van der Waals surface area contributed by atoms with Crippen LogP contribution in [0.3, 0.4) is 0 Å². The molecular formula is C24H17Br2NO5. The second-order valence-corrected chi connectivity index (χ2v) is 8.41. The third-order valence-corrected chi connectivity index (χ3v) is 6.88. The summed E-state index contributed by atoms with van der Waals surface area (Å²) in [5, 5.41) is 11.3. The first-order valence-corrected chi connectivity index (χ1v) is 11.0. The monoisotopic (exact) mass is 557 g/mol. The van der Waals surface area contributed by atoms with Crippen molar-refractivity contribution in [1.29, 1.82) is 0 Å². The summed E-state index contributed by atoms with van der Waals surface area (Å²) in [6, 6.07) is 16.0. The fraction of sp³-hybridized carbons (Fsp3) is 0.0833.